The Hall–Kier alpha value is -1.97. The molecule has 0 atom stereocenters. The van der Waals surface area contributed by atoms with Crippen molar-refractivity contribution in [1.82, 2.24) is 10.2 Å². The second-order valence-electron chi connectivity index (χ2n) is 10.6. The summed E-state index contributed by atoms with van der Waals surface area (Å²) in [5, 5.41) is 8.75. The Labute approximate surface area is 213 Å². The summed E-state index contributed by atoms with van der Waals surface area (Å²) in [4.78, 5) is 0. The van der Waals surface area contributed by atoms with Crippen LogP contribution in [0.2, 0.25) is 0 Å². The lowest BCUT2D eigenvalue weighted by Crippen LogP contribution is -2.15. The molecule has 1 fully saturated rings. The molecule has 0 radical (unpaired) electrons. The first-order chi connectivity index (χ1) is 17.2. The van der Waals surface area contributed by atoms with E-state index in [0.29, 0.717) is 23.6 Å². The molecule has 1 heterocycles. The second-order valence-corrected chi connectivity index (χ2v) is 10.6. The van der Waals surface area contributed by atoms with E-state index in [1.54, 1.807) is 6.07 Å². The molecule has 1 aliphatic rings. The van der Waals surface area contributed by atoms with Gasteiger partial charge in [-0.1, -0.05) is 97.3 Å². The van der Waals surface area contributed by atoms with Gasteiger partial charge < -0.3 is 4.74 Å². The number of hydrogen-bond donors (Lipinski definition) is 0. The lowest BCUT2D eigenvalue weighted by molar-refractivity contribution is 0.248. The molecular weight excluding hydrogens is 435 g/mol. The van der Waals surface area contributed by atoms with Gasteiger partial charge in [0, 0.05) is 11.6 Å². The SMILES string of the molecule is CCCCCCCOc1ccc(-c2ccc(CCC3CCC(CCCCCC)CC3)nn2)c(F)c1. The number of aryl methyl sites for hydroxylation is 1. The van der Waals surface area contributed by atoms with E-state index in [1.807, 2.05) is 18.2 Å². The minimum absolute atomic E-state index is 0.304. The van der Waals surface area contributed by atoms with Crippen molar-refractivity contribution in [3.8, 4) is 17.0 Å². The van der Waals surface area contributed by atoms with E-state index in [1.165, 1.54) is 89.5 Å². The molecular formula is C31H47FN2O. The average molecular weight is 483 g/mol. The highest BCUT2D eigenvalue weighted by atomic mass is 19.1. The topological polar surface area (TPSA) is 35.0 Å². The number of rotatable bonds is 16. The van der Waals surface area contributed by atoms with Crippen LogP contribution in [0.5, 0.6) is 5.75 Å². The zero-order valence-corrected chi connectivity index (χ0v) is 22.2. The van der Waals surface area contributed by atoms with Crippen LogP contribution in [0.1, 0.15) is 116 Å². The molecule has 2 aromatic rings. The van der Waals surface area contributed by atoms with E-state index in [2.05, 4.69) is 24.0 Å². The van der Waals surface area contributed by atoms with Gasteiger partial charge in [-0.15, -0.1) is 0 Å². The summed E-state index contributed by atoms with van der Waals surface area (Å²) >= 11 is 0. The van der Waals surface area contributed by atoms with Crippen molar-refractivity contribution < 1.29 is 9.13 Å². The fourth-order valence-electron chi connectivity index (χ4n) is 5.35. The van der Waals surface area contributed by atoms with E-state index in [4.69, 9.17) is 4.74 Å². The second kappa shape index (κ2) is 15.9. The monoisotopic (exact) mass is 482 g/mol. The van der Waals surface area contributed by atoms with Crippen LogP contribution >= 0.6 is 0 Å². The fraction of sp³-hybridized carbons (Fsp3) is 0.677. The lowest BCUT2D eigenvalue weighted by Gasteiger charge is -2.28. The fourth-order valence-corrected chi connectivity index (χ4v) is 5.35. The number of unbranched alkanes of at least 4 members (excludes halogenated alkanes) is 7. The van der Waals surface area contributed by atoms with E-state index in [-0.39, 0.29) is 5.82 Å². The standard InChI is InChI=1S/C31H47FN2O/c1-3-5-7-9-11-23-35-28-20-21-29(30(32)24-28)31-22-19-27(33-34-31)18-17-26-15-13-25(14-16-26)12-10-8-6-4-2/h19-22,24-26H,3-18,23H2,1-2H3. The lowest BCUT2D eigenvalue weighted by atomic mass is 9.78. The number of ether oxygens (including phenoxy) is 1. The third-order valence-corrected chi connectivity index (χ3v) is 7.69. The molecule has 35 heavy (non-hydrogen) atoms. The summed E-state index contributed by atoms with van der Waals surface area (Å²) in [6, 6.07) is 8.98. The Bertz CT molecular complexity index is 830. The Kier molecular flexibility index (Phi) is 12.6. The molecule has 0 saturated heterocycles. The smallest absolute Gasteiger partial charge is 0.136 e. The highest BCUT2D eigenvalue weighted by Crippen LogP contribution is 2.34. The molecule has 0 unspecified atom stereocenters. The van der Waals surface area contributed by atoms with Crippen LogP contribution < -0.4 is 4.74 Å². The van der Waals surface area contributed by atoms with Gasteiger partial charge in [-0.05, 0) is 55.4 Å². The van der Waals surface area contributed by atoms with Crippen molar-refractivity contribution >= 4 is 0 Å². The minimum Gasteiger partial charge on any atom is -0.493 e. The van der Waals surface area contributed by atoms with Crippen LogP contribution in [0.15, 0.2) is 30.3 Å². The van der Waals surface area contributed by atoms with Crippen LogP contribution in [0.4, 0.5) is 4.39 Å². The van der Waals surface area contributed by atoms with Crippen molar-refractivity contribution in [2.24, 2.45) is 11.8 Å². The van der Waals surface area contributed by atoms with Gasteiger partial charge in [0.15, 0.2) is 0 Å². The minimum atomic E-state index is -0.304. The van der Waals surface area contributed by atoms with Gasteiger partial charge in [-0.3, -0.25) is 0 Å². The summed E-state index contributed by atoms with van der Waals surface area (Å²) in [6.07, 6.45) is 20.6. The molecule has 0 amide bonds. The number of benzene rings is 1. The molecule has 1 aromatic carbocycles. The first-order valence-electron chi connectivity index (χ1n) is 14.4. The molecule has 0 aliphatic heterocycles. The molecule has 4 heteroatoms. The predicted octanol–water partition coefficient (Wildman–Crippen LogP) is 9.34. The van der Waals surface area contributed by atoms with Gasteiger partial charge >= 0.3 is 0 Å². The molecule has 0 bridgehead atoms. The van der Waals surface area contributed by atoms with Crippen molar-refractivity contribution in [1.29, 1.82) is 0 Å². The van der Waals surface area contributed by atoms with Crippen molar-refractivity contribution in [3.05, 3.63) is 41.8 Å². The third kappa shape index (κ3) is 9.89. The first-order valence-corrected chi connectivity index (χ1v) is 14.4. The summed E-state index contributed by atoms with van der Waals surface area (Å²) < 4.78 is 20.4. The van der Waals surface area contributed by atoms with Gasteiger partial charge in [0.1, 0.15) is 11.6 Å². The summed E-state index contributed by atoms with van der Waals surface area (Å²) in [5.74, 6) is 2.06. The van der Waals surface area contributed by atoms with Crippen LogP contribution in [0, 0.1) is 17.7 Å². The molecule has 0 spiro atoms. The number of halogens is 1. The van der Waals surface area contributed by atoms with Gasteiger partial charge in [0.2, 0.25) is 0 Å². The maximum Gasteiger partial charge on any atom is 0.136 e. The van der Waals surface area contributed by atoms with Crippen molar-refractivity contribution in [2.45, 2.75) is 117 Å². The normalized spacial score (nSPS) is 18.0. The maximum absolute atomic E-state index is 14.7. The van der Waals surface area contributed by atoms with E-state index in [9.17, 15) is 4.39 Å². The Morgan fingerprint density at radius 2 is 1.46 bits per heavy atom. The summed E-state index contributed by atoms with van der Waals surface area (Å²) in [5.41, 5.74) is 2.08. The van der Waals surface area contributed by atoms with Crippen LogP contribution in [0.3, 0.4) is 0 Å². The predicted molar refractivity (Wildman–Crippen MR) is 144 cm³/mol. The van der Waals surface area contributed by atoms with Crippen molar-refractivity contribution in [2.75, 3.05) is 6.61 Å². The van der Waals surface area contributed by atoms with Gasteiger partial charge in [-0.25, -0.2) is 4.39 Å². The van der Waals surface area contributed by atoms with Gasteiger partial charge in [0.25, 0.3) is 0 Å². The summed E-state index contributed by atoms with van der Waals surface area (Å²) in [7, 11) is 0. The highest BCUT2D eigenvalue weighted by Gasteiger charge is 2.21. The molecule has 1 saturated carbocycles. The third-order valence-electron chi connectivity index (χ3n) is 7.69. The zero-order valence-electron chi connectivity index (χ0n) is 22.2. The molecule has 3 nitrogen and oxygen atoms in total. The average Bonchev–Trinajstić information content (AvgIpc) is 2.89. The van der Waals surface area contributed by atoms with Crippen LogP contribution in [0.25, 0.3) is 11.3 Å². The number of nitrogens with zero attached hydrogens (tertiary/aromatic N) is 2. The zero-order chi connectivity index (χ0) is 24.7. The Balaban J connectivity index is 1.39. The molecule has 0 N–H and O–H groups in total. The van der Waals surface area contributed by atoms with E-state index < -0.39 is 0 Å². The highest BCUT2D eigenvalue weighted by molar-refractivity contribution is 5.60. The Morgan fingerprint density at radius 3 is 2.11 bits per heavy atom. The Morgan fingerprint density at radius 1 is 0.771 bits per heavy atom. The van der Waals surface area contributed by atoms with Gasteiger partial charge in [0.05, 0.1) is 18.0 Å². The largest absolute Gasteiger partial charge is 0.493 e. The van der Waals surface area contributed by atoms with Crippen LogP contribution in [-0.2, 0) is 6.42 Å². The van der Waals surface area contributed by atoms with Crippen molar-refractivity contribution in [3.63, 3.8) is 0 Å². The van der Waals surface area contributed by atoms with Crippen LogP contribution in [-0.4, -0.2) is 16.8 Å². The maximum atomic E-state index is 14.7. The molecule has 1 aliphatic carbocycles. The molecule has 3 rings (SSSR count). The molecule has 1 aromatic heterocycles. The van der Waals surface area contributed by atoms with E-state index in [0.717, 1.165) is 36.8 Å². The van der Waals surface area contributed by atoms with Gasteiger partial charge in [-0.2, -0.15) is 10.2 Å². The molecule has 194 valence electrons. The van der Waals surface area contributed by atoms with E-state index >= 15 is 0 Å². The first kappa shape index (κ1) is 27.6. The quantitative estimate of drug-likeness (QED) is 0.224. The number of aromatic nitrogens is 2. The number of hydrogen-bond acceptors (Lipinski definition) is 3. The summed E-state index contributed by atoms with van der Waals surface area (Å²) in [6.45, 7) is 5.13.